The monoisotopic (exact) mass is 325 g/mol. The van der Waals surface area contributed by atoms with Gasteiger partial charge in [-0.1, -0.05) is 24.3 Å². The molecule has 4 heteroatoms. The molecule has 0 heterocycles. The Kier molecular flexibility index (Phi) is 6.01. The highest BCUT2D eigenvalue weighted by Crippen LogP contribution is 2.28. The largest absolute Gasteiger partial charge is 0.493 e. The number of carbonyl (C=O) groups excluding carboxylic acids is 1. The minimum absolute atomic E-state index is 0.0788. The van der Waals surface area contributed by atoms with Crippen molar-refractivity contribution in [1.82, 2.24) is 0 Å². The summed E-state index contributed by atoms with van der Waals surface area (Å²) in [5, 5.41) is 2.87. The first-order chi connectivity index (χ1) is 11.5. The first kappa shape index (κ1) is 17.6. The molecule has 0 aliphatic heterocycles. The lowest BCUT2D eigenvalue weighted by Crippen LogP contribution is -2.20. The van der Waals surface area contributed by atoms with Crippen LogP contribution in [-0.2, 0) is 11.2 Å². The maximum atomic E-state index is 12.1. The standard InChI is InChI=1S/C20H23NO3/c1-5-6-16-9-10-18(19(12-16)23-4)24-13-20(22)21-17-11-14(2)7-8-15(17)3/h5,7-12H,1,6,13H2,2-4H3,(H,21,22). The predicted molar refractivity (Wildman–Crippen MR) is 96.9 cm³/mol. The van der Waals surface area contributed by atoms with Crippen molar-refractivity contribution in [2.45, 2.75) is 20.3 Å². The second-order valence-corrected chi connectivity index (χ2v) is 5.63. The van der Waals surface area contributed by atoms with Gasteiger partial charge in [0.05, 0.1) is 7.11 Å². The number of methoxy groups -OCH3 is 1. The smallest absolute Gasteiger partial charge is 0.262 e. The third-order valence-electron chi connectivity index (χ3n) is 3.63. The van der Waals surface area contributed by atoms with E-state index in [0.29, 0.717) is 11.5 Å². The third kappa shape index (κ3) is 4.62. The molecule has 2 aromatic carbocycles. The van der Waals surface area contributed by atoms with Crippen molar-refractivity contribution in [3.8, 4) is 11.5 Å². The van der Waals surface area contributed by atoms with E-state index in [2.05, 4.69) is 11.9 Å². The minimum atomic E-state index is -0.207. The van der Waals surface area contributed by atoms with Crippen LogP contribution in [0.1, 0.15) is 16.7 Å². The number of nitrogens with one attached hydrogen (secondary N) is 1. The van der Waals surface area contributed by atoms with Crippen LogP contribution in [0.4, 0.5) is 5.69 Å². The molecule has 1 N–H and O–H groups in total. The molecule has 0 saturated carbocycles. The Bertz CT molecular complexity index is 738. The van der Waals surface area contributed by atoms with E-state index < -0.39 is 0 Å². The van der Waals surface area contributed by atoms with Crippen molar-refractivity contribution in [3.05, 3.63) is 65.7 Å². The zero-order chi connectivity index (χ0) is 17.5. The number of benzene rings is 2. The summed E-state index contributed by atoms with van der Waals surface area (Å²) in [6.45, 7) is 7.59. The number of anilines is 1. The van der Waals surface area contributed by atoms with Crippen molar-refractivity contribution in [1.29, 1.82) is 0 Å². The number of hydrogen-bond donors (Lipinski definition) is 1. The fourth-order valence-corrected chi connectivity index (χ4v) is 2.32. The van der Waals surface area contributed by atoms with Gasteiger partial charge in [0.15, 0.2) is 18.1 Å². The molecule has 0 spiro atoms. The third-order valence-corrected chi connectivity index (χ3v) is 3.63. The van der Waals surface area contributed by atoms with Crippen LogP contribution in [0.2, 0.25) is 0 Å². The van der Waals surface area contributed by atoms with Crippen LogP contribution in [0, 0.1) is 13.8 Å². The average molecular weight is 325 g/mol. The van der Waals surface area contributed by atoms with E-state index in [1.165, 1.54) is 0 Å². The van der Waals surface area contributed by atoms with Crippen molar-refractivity contribution in [3.63, 3.8) is 0 Å². The Balaban J connectivity index is 2.01. The highest BCUT2D eigenvalue weighted by molar-refractivity contribution is 5.92. The lowest BCUT2D eigenvalue weighted by molar-refractivity contribution is -0.118. The molecule has 2 aromatic rings. The average Bonchev–Trinajstić information content (AvgIpc) is 2.57. The molecular formula is C20H23NO3. The second-order valence-electron chi connectivity index (χ2n) is 5.63. The zero-order valence-electron chi connectivity index (χ0n) is 14.4. The molecule has 0 atom stereocenters. The molecule has 0 aliphatic carbocycles. The summed E-state index contributed by atoms with van der Waals surface area (Å²) >= 11 is 0. The summed E-state index contributed by atoms with van der Waals surface area (Å²) in [6, 6.07) is 11.6. The highest BCUT2D eigenvalue weighted by atomic mass is 16.5. The number of amides is 1. The predicted octanol–water partition coefficient (Wildman–Crippen LogP) is 4.06. The molecule has 0 fully saturated rings. The quantitative estimate of drug-likeness (QED) is 0.781. The van der Waals surface area contributed by atoms with Crippen LogP contribution in [0.25, 0.3) is 0 Å². The van der Waals surface area contributed by atoms with Gasteiger partial charge in [0.25, 0.3) is 5.91 Å². The SMILES string of the molecule is C=CCc1ccc(OCC(=O)Nc2cc(C)ccc2C)c(OC)c1. The number of allylic oxidation sites excluding steroid dienone is 1. The van der Waals surface area contributed by atoms with Gasteiger partial charge in [0.1, 0.15) is 0 Å². The fraction of sp³-hybridized carbons (Fsp3) is 0.250. The number of hydrogen-bond acceptors (Lipinski definition) is 3. The normalized spacial score (nSPS) is 10.1. The number of rotatable bonds is 7. The van der Waals surface area contributed by atoms with E-state index in [9.17, 15) is 4.79 Å². The number of carbonyl (C=O) groups is 1. The van der Waals surface area contributed by atoms with Gasteiger partial charge in [-0.25, -0.2) is 0 Å². The van der Waals surface area contributed by atoms with Crippen LogP contribution in [0.5, 0.6) is 11.5 Å². The zero-order valence-corrected chi connectivity index (χ0v) is 14.4. The number of aryl methyl sites for hydroxylation is 2. The molecule has 0 aromatic heterocycles. The molecule has 0 unspecified atom stereocenters. The van der Waals surface area contributed by atoms with Crippen molar-refractivity contribution >= 4 is 11.6 Å². The molecule has 2 rings (SSSR count). The first-order valence-electron chi connectivity index (χ1n) is 7.81. The minimum Gasteiger partial charge on any atom is -0.493 e. The van der Waals surface area contributed by atoms with E-state index >= 15 is 0 Å². The van der Waals surface area contributed by atoms with Gasteiger partial charge in [-0.15, -0.1) is 6.58 Å². The molecule has 4 nitrogen and oxygen atoms in total. The molecule has 0 radical (unpaired) electrons. The Labute approximate surface area is 143 Å². The van der Waals surface area contributed by atoms with Gasteiger partial charge in [-0.05, 0) is 55.2 Å². The summed E-state index contributed by atoms with van der Waals surface area (Å²) in [5.41, 5.74) is 3.99. The summed E-state index contributed by atoms with van der Waals surface area (Å²) in [7, 11) is 1.58. The van der Waals surface area contributed by atoms with E-state index in [-0.39, 0.29) is 12.5 Å². The molecular weight excluding hydrogens is 302 g/mol. The summed E-state index contributed by atoms with van der Waals surface area (Å²) in [6.07, 6.45) is 2.58. The molecule has 0 bridgehead atoms. The molecule has 0 aliphatic rings. The van der Waals surface area contributed by atoms with Crippen molar-refractivity contribution in [2.24, 2.45) is 0 Å². The fourth-order valence-electron chi connectivity index (χ4n) is 2.32. The summed E-state index contributed by atoms with van der Waals surface area (Å²) in [5.74, 6) is 0.941. The molecule has 1 amide bonds. The van der Waals surface area contributed by atoms with Gasteiger partial charge in [0, 0.05) is 5.69 Å². The second kappa shape index (κ2) is 8.20. The van der Waals surface area contributed by atoms with Crippen molar-refractivity contribution in [2.75, 3.05) is 19.0 Å². The van der Waals surface area contributed by atoms with E-state index in [1.54, 1.807) is 7.11 Å². The molecule has 126 valence electrons. The Morgan fingerprint density at radius 2 is 1.96 bits per heavy atom. The van der Waals surface area contributed by atoms with Crippen LogP contribution in [-0.4, -0.2) is 19.6 Å². The van der Waals surface area contributed by atoms with E-state index in [0.717, 1.165) is 28.8 Å². The summed E-state index contributed by atoms with van der Waals surface area (Å²) in [4.78, 5) is 12.1. The lowest BCUT2D eigenvalue weighted by Gasteiger charge is -2.13. The van der Waals surface area contributed by atoms with Gasteiger partial charge in [-0.3, -0.25) is 4.79 Å². The van der Waals surface area contributed by atoms with E-state index in [1.807, 2.05) is 56.3 Å². The highest BCUT2D eigenvalue weighted by Gasteiger charge is 2.10. The van der Waals surface area contributed by atoms with Crippen LogP contribution in [0.3, 0.4) is 0 Å². The molecule has 24 heavy (non-hydrogen) atoms. The van der Waals surface area contributed by atoms with Gasteiger partial charge in [0.2, 0.25) is 0 Å². The topological polar surface area (TPSA) is 47.6 Å². The molecule has 0 saturated heterocycles. The Morgan fingerprint density at radius 3 is 2.67 bits per heavy atom. The van der Waals surface area contributed by atoms with Gasteiger partial charge < -0.3 is 14.8 Å². The van der Waals surface area contributed by atoms with Gasteiger partial charge in [-0.2, -0.15) is 0 Å². The van der Waals surface area contributed by atoms with Crippen LogP contribution in [0.15, 0.2) is 49.1 Å². The van der Waals surface area contributed by atoms with Crippen LogP contribution < -0.4 is 14.8 Å². The summed E-state index contributed by atoms with van der Waals surface area (Å²) < 4.78 is 10.9. The maximum absolute atomic E-state index is 12.1. The van der Waals surface area contributed by atoms with E-state index in [4.69, 9.17) is 9.47 Å². The number of ether oxygens (including phenoxy) is 2. The first-order valence-corrected chi connectivity index (χ1v) is 7.81. The Hall–Kier alpha value is -2.75. The van der Waals surface area contributed by atoms with Crippen molar-refractivity contribution < 1.29 is 14.3 Å². The lowest BCUT2D eigenvalue weighted by atomic mass is 10.1. The Morgan fingerprint density at radius 1 is 1.17 bits per heavy atom. The van der Waals surface area contributed by atoms with Gasteiger partial charge >= 0.3 is 0 Å². The van der Waals surface area contributed by atoms with Crippen LogP contribution >= 0.6 is 0 Å². The maximum Gasteiger partial charge on any atom is 0.262 e.